The number of hydrogen-bond donors (Lipinski definition) is 2. The van der Waals surface area contributed by atoms with Gasteiger partial charge >= 0.3 is 0 Å². The Morgan fingerprint density at radius 3 is 2.35 bits per heavy atom. The number of benzene rings is 3. The van der Waals surface area contributed by atoms with Crippen molar-refractivity contribution in [1.29, 1.82) is 0 Å². The zero-order valence-corrected chi connectivity index (χ0v) is 29.7. The lowest BCUT2D eigenvalue weighted by molar-refractivity contribution is -0.190. The predicted octanol–water partition coefficient (Wildman–Crippen LogP) is 5.66. The topological polar surface area (TPSA) is 100 Å². The SMILES string of the molecule is CCN(CCCO)C(=S)Nc1ccc(N2CCN(c3ccc(OCC4COC(Cn5cncn5)(c5ccc(Cl)cc5Cl)O4)cc3)CC2)cc1. The van der Waals surface area contributed by atoms with Crippen LogP contribution in [0.4, 0.5) is 17.1 Å². The van der Waals surface area contributed by atoms with Crippen molar-refractivity contribution in [2.45, 2.75) is 31.8 Å². The van der Waals surface area contributed by atoms with Gasteiger partial charge in [0, 0.05) is 73.5 Å². The molecule has 3 heterocycles. The molecule has 2 atom stereocenters. The first kappa shape index (κ1) is 35.2. The molecule has 2 unspecified atom stereocenters. The van der Waals surface area contributed by atoms with Gasteiger partial charge < -0.3 is 39.3 Å². The number of thiocarbonyl (C=S) groups is 1. The predicted molar refractivity (Wildman–Crippen MR) is 197 cm³/mol. The van der Waals surface area contributed by atoms with Gasteiger partial charge in [-0.3, -0.25) is 0 Å². The van der Waals surface area contributed by atoms with Crippen LogP contribution in [0, 0.1) is 0 Å². The average molecular weight is 727 g/mol. The van der Waals surface area contributed by atoms with E-state index in [-0.39, 0.29) is 19.3 Å². The van der Waals surface area contributed by atoms with Crippen LogP contribution >= 0.6 is 35.4 Å². The number of anilines is 3. The van der Waals surface area contributed by atoms with Crippen LogP contribution in [-0.2, 0) is 21.8 Å². The molecule has 1 aromatic heterocycles. The van der Waals surface area contributed by atoms with Crippen LogP contribution in [0.2, 0.25) is 10.0 Å². The number of aliphatic hydroxyl groups is 1. The molecule has 0 bridgehead atoms. The highest BCUT2D eigenvalue weighted by Crippen LogP contribution is 2.40. The van der Waals surface area contributed by atoms with E-state index in [1.807, 2.05) is 18.2 Å². The van der Waals surface area contributed by atoms with Gasteiger partial charge in [-0.2, -0.15) is 5.10 Å². The molecule has 6 rings (SSSR count). The number of aromatic nitrogens is 3. The van der Waals surface area contributed by atoms with Crippen molar-refractivity contribution in [2.24, 2.45) is 0 Å². The second-order valence-electron chi connectivity index (χ2n) is 11.9. The van der Waals surface area contributed by atoms with E-state index in [1.54, 1.807) is 23.1 Å². The van der Waals surface area contributed by atoms with Crippen molar-refractivity contribution < 1.29 is 19.3 Å². The fraction of sp³-hybridized carbons (Fsp3) is 0.400. The molecule has 11 nitrogen and oxygen atoms in total. The van der Waals surface area contributed by atoms with Crippen molar-refractivity contribution in [3.8, 4) is 5.75 Å². The van der Waals surface area contributed by atoms with Gasteiger partial charge in [-0.05, 0) is 86.2 Å². The van der Waals surface area contributed by atoms with E-state index in [2.05, 4.69) is 73.4 Å². The molecule has 0 radical (unpaired) electrons. The summed E-state index contributed by atoms with van der Waals surface area (Å²) in [7, 11) is 0. The highest BCUT2D eigenvalue weighted by atomic mass is 35.5. The molecule has 2 saturated heterocycles. The van der Waals surface area contributed by atoms with Gasteiger partial charge in [-0.25, -0.2) is 9.67 Å². The summed E-state index contributed by atoms with van der Waals surface area (Å²) in [6.07, 6.45) is 3.45. The van der Waals surface area contributed by atoms with Gasteiger partial charge in [0.2, 0.25) is 5.79 Å². The summed E-state index contributed by atoms with van der Waals surface area (Å²) >= 11 is 18.3. The lowest BCUT2D eigenvalue weighted by Gasteiger charge is -2.37. The first-order valence-corrected chi connectivity index (χ1v) is 17.6. The van der Waals surface area contributed by atoms with Gasteiger partial charge in [-0.15, -0.1) is 0 Å². The van der Waals surface area contributed by atoms with Gasteiger partial charge in [-0.1, -0.05) is 29.3 Å². The Kier molecular flexibility index (Phi) is 11.8. The van der Waals surface area contributed by atoms with Crippen molar-refractivity contribution in [1.82, 2.24) is 19.7 Å². The third-order valence-corrected chi connectivity index (χ3v) is 9.60. The molecule has 2 aliphatic rings. The smallest absolute Gasteiger partial charge is 0.217 e. The molecule has 49 heavy (non-hydrogen) atoms. The summed E-state index contributed by atoms with van der Waals surface area (Å²) in [4.78, 5) is 10.9. The monoisotopic (exact) mass is 725 g/mol. The fourth-order valence-corrected chi connectivity index (χ4v) is 6.96. The number of nitrogens with one attached hydrogen (secondary N) is 1. The highest BCUT2D eigenvalue weighted by molar-refractivity contribution is 7.80. The van der Waals surface area contributed by atoms with Crippen molar-refractivity contribution in [3.63, 3.8) is 0 Å². The number of ether oxygens (including phenoxy) is 3. The molecule has 0 amide bonds. The molecule has 2 fully saturated rings. The van der Waals surface area contributed by atoms with E-state index in [0.29, 0.717) is 40.4 Å². The van der Waals surface area contributed by atoms with Crippen LogP contribution in [0.1, 0.15) is 18.9 Å². The minimum absolute atomic E-state index is 0.158. The number of halogens is 2. The molecule has 2 aliphatic heterocycles. The minimum Gasteiger partial charge on any atom is -0.491 e. The molecule has 0 spiro atoms. The minimum atomic E-state index is -1.15. The lowest BCUT2D eigenvalue weighted by atomic mass is 10.1. The van der Waals surface area contributed by atoms with E-state index >= 15 is 0 Å². The highest BCUT2D eigenvalue weighted by Gasteiger charge is 2.45. The molecule has 14 heteroatoms. The van der Waals surface area contributed by atoms with Crippen LogP contribution in [0.5, 0.6) is 5.75 Å². The zero-order valence-electron chi connectivity index (χ0n) is 27.4. The normalized spacial score (nSPS) is 19.2. The number of rotatable bonds is 13. The maximum absolute atomic E-state index is 9.14. The Balaban J connectivity index is 0.987. The van der Waals surface area contributed by atoms with Gasteiger partial charge in [0.25, 0.3) is 0 Å². The summed E-state index contributed by atoms with van der Waals surface area (Å²) in [5, 5.41) is 18.4. The van der Waals surface area contributed by atoms with E-state index < -0.39 is 5.79 Å². The zero-order chi connectivity index (χ0) is 34.2. The van der Waals surface area contributed by atoms with Gasteiger partial charge in [0.1, 0.15) is 37.7 Å². The Bertz CT molecular complexity index is 1660. The molecule has 260 valence electrons. The second kappa shape index (κ2) is 16.4. The van der Waals surface area contributed by atoms with Crippen LogP contribution < -0.4 is 19.9 Å². The largest absolute Gasteiger partial charge is 0.491 e. The Morgan fingerprint density at radius 2 is 1.73 bits per heavy atom. The third-order valence-electron chi connectivity index (χ3n) is 8.69. The molecule has 2 N–H and O–H groups in total. The quantitative estimate of drug-likeness (QED) is 0.167. The third kappa shape index (κ3) is 8.75. The van der Waals surface area contributed by atoms with Crippen LogP contribution in [0.25, 0.3) is 0 Å². The molecule has 4 aromatic rings. The van der Waals surface area contributed by atoms with Crippen molar-refractivity contribution in [2.75, 3.05) is 74.2 Å². The van der Waals surface area contributed by atoms with Gasteiger partial charge in [0.15, 0.2) is 5.11 Å². The molecule has 3 aromatic carbocycles. The van der Waals surface area contributed by atoms with E-state index in [4.69, 9.17) is 54.7 Å². The lowest BCUT2D eigenvalue weighted by Crippen LogP contribution is -2.46. The molecule has 0 saturated carbocycles. The number of nitrogens with zero attached hydrogens (tertiary/aromatic N) is 6. The van der Waals surface area contributed by atoms with Crippen molar-refractivity contribution >= 4 is 57.6 Å². The van der Waals surface area contributed by atoms with Crippen LogP contribution in [-0.4, -0.2) is 95.1 Å². The van der Waals surface area contributed by atoms with Crippen molar-refractivity contribution in [3.05, 3.63) is 95.0 Å². The summed E-state index contributed by atoms with van der Waals surface area (Å²) in [6, 6.07) is 21.9. The van der Waals surface area contributed by atoms with E-state index in [1.165, 1.54) is 12.0 Å². The Hall–Kier alpha value is -3.65. The Morgan fingerprint density at radius 1 is 1.04 bits per heavy atom. The summed E-state index contributed by atoms with van der Waals surface area (Å²) in [6.45, 7) is 8.31. The van der Waals surface area contributed by atoms with E-state index in [0.717, 1.165) is 56.4 Å². The maximum Gasteiger partial charge on any atom is 0.217 e. The maximum atomic E-state index is 9.14. The van der Waals surface area contributed by atoms with Gasteiger partial charge in [0.05, 0.1) is 11.6 Å². The van der Waals surface area contributed by atoms with E-state index in [9.17, 15) is 0 Å². The number of piperazine rings is 1. The summed E-state index contributed by atoms with van der Waals surface area (Å²) < 4.78 is 20.5. The fourth-order valence-electron chi connectivity index (χ4n) is 6.07. The second-order valence-corrected chi connectivity index (χ2v) is 13.2. The first-order chi connectivity index (χ1) is 23.9. The molecule has 0 aliphatic carbocycles. The average Bonchev–Trinajstić information content (AvgIpc) is 3.79. The summed E-state index contributed by atoms with van der Waals surface area (Å²) in [5.41, 5.74) is 3.98. The number of hydrogen-bond acceptors (Lipinski definition) is 9. The molecular formula is C35H41Cl2N7O4S. The summed E-state index contributed by atoms with van der Waals surface area (Å²) in [5.74, 6) is -0.396. The standard InChI is InChI=1S/C35H41Cl2N7O4S/c1-2-41(14-3-19-45)34(49)40-27-5-7-28(8-6-27)42-15-17-43(18-16-42)29-9-11-30(12-10-29)46-21-31-22-47-35(48-31,23-44-25-38-24-39-44)32-13-4-26(36)20-33(32)37/h4-13,20,24-25,31,45H,2-3,14-19,21-23H2,1H3,(H,40,49). The Labute approximate surface area is 302 Å². The molecular weight excluding hydrogens is 685 g/mol. The van der Waals surface area contributed by atoms with Crippen LogP contribution in [0.3, 0.4) is 0 Å². The van der Waals surface area contributed by atoms with Crippen LogP contribution in [0.15, 0.2) is 79.4 Å². The number of aliphatic hydroxyl groups excluding tert-OH is 1. The first-order valence-electron chi connectivity index (χ1n) is 16.4.